The van der Waals surface area contributed by atoms with Crippen molar-refractivity contribution in [3.8, 4) is 5.75 Å². The molecule has 0 aromatic heterocycles. The Kier molecular flexibility index (Phi) is 4.71. The number of nitro benzene ring substituents is 1. The van der Waals surface area contributed by atoms with E-state index in [1.165, 1.54) is 19.2 Å². The molecule has 1 rings (SSSR count). The summed E-state index contributed by atoms with van der Waals surface area (Å²) in [6.45, 7) is -0.421. The lowest BCUT2D eigenvalue weighted by molar-refractivity contribution is -0.385. The molecule has 0 aliphatic heterocycles. The monoisotopic (exact) mass is 323 g/mol. The van der Waals surface area contributed by atoms with Crippen molar-refractivity contribution < 1.29 is 19.2 Å². The van der Waals surface area contributed by atoms with Crippen LogP contribution in [0.2, 0.25) is 5.02 Å². The van der Waals surface area contributed by atoms with E-state index in [9.17, 15) is 14.9 Å². The van der Waals surface area contributed by atoms with Crippen LogP contribution < -0.4 is 4.74 Å². The van der Waals surface area contributed by atoms with Crippen molar-refractivity contribution in [2.75, 3.05) is 13.7 Å². The Bertz CT molecular complexity index is 465. The molecule has 6 nitrogen and oxygen atoms in total. The summed E-state index contributed by atoms with van der Waals surface area (Å²) in [7, 11) is 1.19. The minimum atomic E-state index is -0.640. The van der Waals surface area contributed by atoms with Gasteiger partial charge in [-0.1, -0.05) is 11.6 Å². The van der Waals surface area contributed by atoms with Gasteiger partial charge in [0.1, 0.15) is 0 Å². The second-order valence-electron chi connectivity index (χ2n) is 2.86. The molecule has 0 atom stereocenters. The summed E-state index contributed by atoms with van der Waals surface area (Å²) >= 11 is 8.83. The van der Waals surface area contributed by atoms with Crippen LogP contribution in [0.25, 0.3) is 0 Å². The van der Waals surface area contributed by atoms with E-state index in [2.05, 4.69) is 20.7 Å². The predicted molar refractivity (Wildman–Crippen MR) is 63.3 cm³/mol. The van der Waals surface area contributed by atoms with Gasteiger partial charge in [0.05, 0.1) is 17.1 Å². The molecule has 0 radical (unpaired) electrons. The second-order valence-corrected chi connectivity index (χ2v) is 4.12. The minimum Gasteiger partial charge on any atom is -0.475 e. The summed E-state index contributed by atoms with van der Waals surface area (Å²) in [5, 5.41) is 11.0. The largest absolute Gasteiger partial charge is 0.475 e. The Labute approximate surface area is 110 Å². The van der Waals surface area contributed by atoms with Crippen molar-refractivity contribution in [1.82, 2.24) is 0 Å². The van der Waals surface area contributed by atoms with E-state index >= 15 is 0 Å². The molecular weight excluding hydrogens is 317 g/mol. The van der Waals surface area contributed by atoms with Crippen LogP contribution in [0, 0.1) is 10.1 Å². The highest BCUT2D eigenvalue weighted by molar-refractivity contribution is 9.10. The average Bonchev–Trinajstić information content (AvgIpc) is 2.29. The number of benzene rings is 1. The Hall–Kier alpha value is -1.34. The Morgan fingerprint density at radius 2 is 2.24 bits per heavy atom. The molecule has 1 aromatic carbocycles. The summed E-state index contributed by atoms with van der Waals surface area (Å²) in [5.41, 5.74) is -0.287. The molecule has 1 aromatic rings. The van der Waals surface area contributed by atoms with Crippen LogP contribution in [0.15, 0.2) is 16.6 Å². The molecule has 0 bridgehead atoms. The van der Waals surface area contributed by atoms with E-state index in [1.54, 1.807) is 0 Å². The van der Waals surface area contributed by atoms with Crippen LogP contribution in [-0.4, -0.2) is 24.6 Å². The zero-order valence-corrected chi connectivity index (χ0v) is 10.9. The quantitative estimate of drug-likeness (QED) is 0.483. The number of esters is 1. The van der Waals surface area contributed by atoms with Crippen molar-refractivity contribution in [2.24, 2.45) is 0 Å². The first-order valence-electron chi connectivity index (χ1n) is 4.28. The smallest absolute Gasteiger partial charge is 0.343 e. The van der Waals surface area contributed by atoms with Crippen LogP contribution >= 0.6 is 27.5 Å². The number of rotatable bonds is 4. The van der Waals surface area contributed by atoms with Crippen molar-refractivity contribution in [1.29, 1.82) is 0 Å². The SMILES string of the molecule is COC(=O)COc1cc(Cl)c(Br)cc1[N+](=O)[O-]. The van der Waals surface area contributed by atoms with Gasteiger partial charge in [-0.05, 0) is 15.9 Å². The highest BCUT2D eigenvalue weighted by Gasteiger charge is 2.19. The maximum absolute atomic E-state index is 10.9. The fraction of sp³-hybridized carbons (Fsp3) is 0.222. The van der Waals surface area contributed by atoms with E-state index in [0.717, 1.165) is 0 Å². The highest BCUT2D eigenvalue weighted by Crippen LogP contribution is 2.35. The van der Waals surface area contributed by atoms with Crippen LogP contribution in [0.1, 0.15) is 0 Å². The van der Waals surface area contributed by atoms with Gasteiger partial charge in [0, 0.05) is 16.6 Å². The maximum Gasteiger partial charge on any atom is 0.343 e. The second kappa shape index (κ2) is 5.83. The number of ether oxygens (including phenoxy) is 2. The van der Waals surface area contributed by atoms with E-state index in [-0.39, 0.29) is 16.5 Å². The molecule has 17 heavy (non-hydrogen) atoms. The van der Waals surface area contributed by atoms with Crippen molar-refractivity contribution in [2.45, 2.75) is 0 Å². The van der Waals surface area contributed by atoms with Crippen molar-refractivity contribution >= 4 is 39.2 Å². The van der Waals surface area contributed by atoms with Gasteiger partial charge in [-0.15, -0.1) is 0 Å². The van der Waals surface area contributed by atoms with Gasteiger partial charge < -0.3 is 9.47 Å². The molecule has 0 aliphatic carbocycles. The summed E-state index contributed by atoms with van der Waals surface area (Å²) in [6.07, 6.45) is 0. The predicted octanol–water partition coefficient (Wildman–Crippen LogP) is 2.56. The molecule has 0 saturated carbocycles. The van der Waals surface area contributed by atoms with Gasteiger partial charge in [-0.3, -0.25) is 10.1 Å². The Balaban J connectivity index is 3.00. The molecule has 0 spiro atoms. The van der Waals surface area contributed by atoms with Crippen LogP contribution in [-0.2, 0) is 9.53 Å². The number of hydrogen-bond donors (Lipinski definition) is 0. The third kappa shape index (κ3) is 3.57. The molecule has 0 fully saturated rings. The zero-order chi connectivity index (χ0) is 13.0. The standard InChI is InChI=1S/C9H7BrClNO5/c1-16-9(13)4-17-8-3-6(11)5(10)2-7(8)12(14)15/h2-3H,4H2,1H3. The number of halogens is 2. The fourth-order valence-corrected chi connectivity index (χ4v) is 1.46. The first-order chi connectivity index (χ1) is 7.95. The van der Waals surface area contributed by atoms with E-state index in [4.69, 9.17) is 16.3 Å². The topological polar surface area (TPSA) is 78.7 Å². The molecule has 0 heterocycles. The van der Waals surface area contributed by atoms with Crippen LogP contribution in [0.3, 0.4) is 0 Å². The van der Waals surface area contributed by atoms with Gasteiger partial charge >= 0.3 is 11.7 Å². The maximum atomic E-state index is 10.9. The van der Waals surface area contributed by atoms with Crippen molar-refractivity contribution in [3.05, 3.63) is 31.7 Å². The highest BCUT2D eigenvalue weighted by atomic mass is 79.9. The summed E-state index contributed by atoms with van der Waals surface area (Å²) < 4.78 is 9.69. The third-order valence-corrected chi connectivity index (χ3v) is 2.97. The number of nitrogens with zero attached hydrogens (tertiary/aromatic N) is 1. The normalized spacial score (nSPS) is 9.82. The lowest BCUT2D eigenvalue weighted by Gasteiger charge is -2.06. The molecule has 0 aliphatic rings. The molecular formula is C9H7BrClNO5. The Morgan fingerprint density at radius 1 is 1.59 bits per heavy atom. The van der Waals surface area contributed by atoms with Gasteiger partial charge in [0.2, 0.25) is 0 Å². The zero-order valence-electron chi connectivity index (χ0n) is 8.61. The van der Waals surface area contributed by atoms with E-state index in [0.29, 0.717) is 4.47 Å². The van der Waals surface area contributed by atoms with Gasteiger partial charge in [0.25, 0.3) is 0 Å². The van der Waals surface area contributed by atoms with Gasteiger partial charge in [-0.2, -0.15) is 0 Å². The van der Waals surface area contributed by atoms with Crippen molar-refractivity contribution in [3.63, 3.8) is 0 Å². The number of methoxy groups -OCH3 is 1. The average molecular weight is 325 g/mol. The lowest BCUT2D eigenvalue weighted by Crippen LogP contribution is -2.13. The molecule has 8 heteroatoms. The lowest BCUT2D eigenvalue weighted by atomic mass is 10.3. The van der Waals surface area contributed by atoms with E-state index < -0.39 is 17.5 Å². The minimum absolute atomic E-state index is 0.0893. The number of hydrogen-bond acceptors (Lipinski definition) is 5. The molecule has 0 saturated heterocycles. The first kappa shape index (κ1) is 13.7. The fourth-order valence-electron chi connectivity index (χ4n) is 0.972. The van der Waals surface area contributed by atoms with Gasteiger partial charge in [0.15, 0.2) is 12.4 Å². The molecule has 92 valence electrons. The molecule has 0 amide bonds. The number of carbonyl (C=O) groups is 1. The number of carbonyl (C=O) groups excluding carboxylic acids is 1. The summed E-state index contributed by atoms with van der Waals surface area (Å²) in [4.78, 5) is 21.0. The van der Waals surface area contributed by atoms with E-state index in [1.807, 2.05) is 0 Å². The summed E-state index contributed by atoms with van der Waals surface area (Å²) in [6, 6.07) is 2.46. The summed E-state index contributed by atoms with van der Waals surface area (Å²) in [5.74, 6) is -0.730. The van der Waals surface area contributed by atoms with Crippen LogP contribution in [0.4, 0.5) is 5.69 Å². The van der Waals surface area contributed by atoms with Gasteiger partial charge in [-0.25, -0.2) is 4.79 Å². The molecule has 0 unspecified atom stereocenters. The molecule has 0 N–H and O–H groups in total. The number of nitro groups is 1. The van der Waals surface area contributed by atoms with Crippen LogP contribution in [0.5, 0.6) is 5.75 Å². The first-order valence-corrected chi connectivity index (χ1v) is 5.46. The Morgan fingerprint density at radius 3 is 2.76 bits per heavy atom. The third-order valence-electron chi connectivity index (χ3n) is 1.77.